The summed E-state index contributed by atoms with van der Waals surface area (Å²) in [6, 6.07) is 0.705. The van der Waals surface area contributed by atoms with Gasteiger partial charge in [-0.3, -0.25) is 9.59 Å². The highest BCUT2D eigenvalue weighted by molar-refractivity contribution is 5.71. The third-order valence-corrected chi connectivity index (χ3v) is 2.53. The highest BCUT2D eigenvalue weighted by Crippen LogP contribution is 2.11. The normalized spacial score (nSPS) is 12.4. The Morgan fingerprint density at radius 2 is 2.05 bits per heavy atom. The van der Waals surface area contributed by atoms with E-state index in [1.807, 2.05) is 0 Å². The van der Waals surface area contributed by atoms with Gasteiger partial charge in [0.2, 0.25) is 0 Å². The molecule has 0 aliphatic carbocycles. The zero-order valence-electron chi connectivity index (χ0n) is 13.4. The van der Waals surface area contributed by atoms with Crippen molar-refractivity contribution in [2.75, 3.05) is 7.11 Å². The summed E-state index contributed by atoms with van der Waals surface area (Å²) in [5.74, 6) is -0.347. The van der Waals surface area contributed by atoms with Crippen LogP contribution in [-0.4, -0.2) is 34.7 Å². The largest absolute Gasteiger partial charge is 0.469 e. The molecule has 1 heterocycles. The number of carbonyl (C=O) groups excluding carboxylic acids is 2. The fourth-order valence-corrected chi connectivity index (χ4v) is 1.60. The second-order valence-corrected chi connectivity index (χ2v) is 5.74. The fourth-order valence-electron chi connectivity index (χ4n) is 1.60. The van der Waals surface area contributed by atoms with E-state index >= 15 is 0 Å². The number of ether oxygens (including phenoxy) is 2. The van der Waals surface area contributed by atoms with E-state index in [0.29, 0.717) is 5.69 Å². The Labute approximate surface area is 128 Å². The van der Waals surface area contributed by atoms with Gasteiger partial charge < -0.3 is 19.8 Å². The Kier molecular flexibility index (Phi) is 5.67. The standard InChI is InChI=1S/C14H21N3O5/c1-8(15-13(20)22-14(2,3)4)9-6-11(18)17-10(16-9)7-12(19)21-5/h6,8H,7H2,1-5H3,(H,15,20)(H,16,17,18). The third-order valence-electron chi connectivity index (χ3n) is 2.53. The van der Waals surface area contributed by atoms with E-state index < -0.39 is 29.3 Å². The molecule has 22 heavy (non-hydrogen) atoms. The lowest BCUT2D eigenvalue weighted by molar-refractivity contribution is -0.139. The number of rotatable bonds is 4. The first kappa shape index (κ1) is 17.7. The van der Waals surface area contributed by atoms with Crippen LogP contribution in [0.3, 0.4) is 0 Å². The predicted molar refractivity (Wildman–Crippen MR) is 78.4 cm³/mol. The zero-order chi connectivity index (χ0) is 16.9. The molecule has 1 aromatic heterocycles. The molecule has 0 saturated heterocycles. The fraction of sp³-hybridized carbons (Fsp3) is 0.571. The number of carbonyl (C=O) groups is 2. The minimum absolute atomic E-state index is 0.154. The molecular weight excluding hydrogens is 290 g/mol. The van der Waals surface area contributed by atoms with Gasteiger partial charge in [0.15, 0.2) is 0 Å². The van der Waals surface area contributed by atoms with Crippen molar-refractivity contribution < 1.29 is 19.1 Å². The first-order valence-electron chi connectivity index (χ1n) is 6.77. The van der Waals surface area contributed by atoms with Crippen molar-refractivity contribution in [3.63, 3.8) is 0 Å². The zero-order valence-corrected chi connectivity index (χ0v) is 13.4. The molecule has 8 heteroatoms. The van der Waals surface area contributed by atoms with Crippen molar-refractivity contribution in [2.24, 2.45) is 0 Å². The Balaban J connectivity index is 2.85. The summed E-state index contributed by atoms with van der Waals surface area (Å²) in [5, 5.41) is 2.58. The Bertz CT molecular complexity index is 603. The summed E-state index contributed by atoms with van der Waals surface area (Å²) in [4.78, 5) is 41.1. The van der Waals surface area contributed by atoms with E-state index in [9.17, 15) is 14.4 Å². The van der Waals surface area contributed by atoms with Crippen LogP contribution < -0.4 is 10.9 Å². The molecule has 0 radical (unpaired) electrons. The van der Waals surface area contributed by atoms with Crippen LogP contribution in [0.4, 0.5) is 4.79 Å². The van der Waals surface area contributed by atoms with Crippen molar-refractivity contribution >= 4 is 12.1 Å². The van der Waals surface area contributed by atoms with Gasteiger partial charge in [-0.2, -0.15) is 0 Å². The minimum atomic E-state index is -0.624. The SMILES string of the molecule is COC(=O)Cc1nc(C(C)NC(=O)OC(C)(C)C)cc(=O)[nH]1. The van der Waals surface area contributed by atoms with Crippen LogP contribution in [0.1, 0.15) is 45.3 Å². The molecular formula is C14H21N3O5. The van der Waals surface area contributed by atoms with Crippen LogP contribution in [0.2, 0.25) is 0 Å². The molecule has 0 bridgehead atoms. The molecule has 0 aliphatic heterocycles. The quantitative estimate of drug-likeness (QED) is 0.805. The summed E-state index contributed by atoms with van der Waals surface area (Å²) in [6.07, 6.45) is -0.768. The number of esters is 1. The molecule has 1 aromatic rings. The monoisotopic (exact) mass is 311 g/mol. The van der Waals surface area contributed by atoms with Gasteiger partial charge in [0.1, 0.15) is 17.8 Å². The second kappa shape index (κ2) is 7.06. The van der Waals surface area contributed by atoms with E-state index in [0.717, 1.165) is 0 Å². The van der Waals surface area contributed by atoms with Crippen molar-refractivity contribution in [1.82, 2.24) is 15.3 Å². The van der Waals surface area contributed by atoms with Crippen LogP contribution in [-0.2, 0) is 20.7 Å². The molecule has 0 fully saturated rings. The van der Waals surface area contributed by atoms with Crippen LogP contribution in [0.25, 0.3) is 0 Å². The molecule has 122 valence electrons. The number of alkyl carbamates (subject to hydrolysis) is 1. The van der Waals surface area contributed by atoms with Crippen LogP contribution in [0, 0.1) is 0 Å². The van der Waals surface area contributed by atoms with Gasteiger partial charge in [-0.15, -0.1) is 0 Å². The van der Waals surface area contributed by atoms with Gasteiger partial charge >= 0.3 is 12.1 Å². The maximum absolute atomic E-state index is 11.7. The molecule has 2 N–H and O–H groups in total. The third kappa shape index (κ3) is 5.94. The maximum Gasteiger partial charge on any atom is 0.408 e. The summed E-state index contributed by atoms with van der Waals surface area (Å²) >= 11 is 0. The van der Waals surface area contributed by atoms with Gasteiger partial charge in [-0.25, -0.2) is 9.78 Å². The predicted octanol–water partition coefficient (Wildman–Crippen LogP) is 1.07. The molecule has 1 rings (SSSR count). The number of nitrogens with one attached hydrogen (secondary N) is 2. The number of nitrogens with zero attached hydrogens (tertiary/aromatic N) is 1. The number of aromatic nitrogens is 2. The number of amides is 1. The van der Waals surface area contributed by atoms with Gasteiger partial charge in [0.25, 0.3) is 5.56 Å². The molecule has 0 saturated carbocycles. The summed E-state index contributed by atoms with van der Waals surface area (Å²) < 4.78 is 9.66. The molecule has 8 nitrogen and oxygen atoms in total. The molecule has 1 atom stereocenters. The molecule has 1 unspecified atom stereocenters. The lowest BCUT2D eigenvalue weighted by atomic mass is 10.2. The van der Waals surface area contributed by atoms with Crippen molar-refractivity contribution in [3.05, 3.63) is 27.9 Å². The summed E-state index contributed by atoms with van der Waals surface area (Å²) in [6.45, 7) is 6.90. The Morgan fingerprint density at radius 3 is 2.59 bits per heavy atom. The number of aromatic amines is 1. The van der Waals surface area contributed by atoms with Gasteiger partial charge in [0, 0.05) is 6.07 Å². The number of hydrogen-bond acceptors (Lipinski definition) is 6. The van der Waals surface area contributed by atoms with Crippen molar-refractivity contribution in [1.29, 1.82) is 0 Å². The lowest BCUT2D eigenvalue weighted by Gasteiger charge is -2.21. The number of hydrogen-bond donors (Lipinski definition) is 2. The molecule has 1 amide bonds. The van der Waals surface area contributed by atoms with Gasteiger partial charge in [-0.1, -0.05) is 0 Å². The maximum atomic E-state index is 11.7. The average molecular weight is 311 g/mol. The van der Waals surface area contributed by atoms with E-state index in [2.05, 4.69) is 20.0 Å². The Morgan fingerprint density at radius 1 is 1.41 bits per heavy atom. The van der Waals surface area contributed by atoms with Gasteiger partial charge in [-0.05, 0) is 27.7 Å². The van der Waals surface area contributed by atoms with E-state index in [1.54, 1.807) is 27.7 Å². The lowest BCUT2D eigenvalue weighted by Crippen LogP contribution is -2.34. The molecule has 0 spiro atoms. The Hall–Kier alpha value is -2.38. The van der Waals surface area contributed by atoms with Crippen LogP contribution in [0.5, 0.6) is 0 Å². The summed E-state index contributed by atoms with van der Waals surface area (Å²) in [5.41, 5.74) is -0.711. The van der Waals surface area contributed by atoms with Crippen molar-refractivity contribution in [3.8, 4) is 0 Å². The second-order valence-electron chi connectivity index (χ2n) is 5.74. The van der Waals surface area contributed by atoms with Crippen LogP contribution in [0.15, 0.2) is 10.9 Å². The van der Waals surface area contributed by atoms with E-state index in [1.165, 1.54) is 13.2 Å². The smallest absolute Gasteiger partial charge is 0.408 e. The van der Waals surface area contributed by atoms with Crippen LogP contribution >= 0.6 is 0 Å². The van der Waals surface area contributed by atoms with Crippen molar-refractivity contribution in [2.45, 2.75) is 45.8 Å². The highest BCUT2D eigenvalue weighted by atomic mass is 16.6. The topological polar surface area (TPSA) is 110 Å². The molecule has 0 aliphatic rings. The number of H-pyrrole nitrogens is 1. The van der Waals surface area contributed by atoms with E-state index in [4.69, 9.17) is 4.74 Å². The average Bonchev–Trinajstić information content (AvgIpc) is 2.35. The van der Waals surface area contributed by atoms with E-state index in [-0.39, 0.29) is 12.2 Å². The van der Waals surface area contributed by atoms with Gasteiger partial charge in [0.05, 0.1) is 18.8 Å². The highest BCUT2D eigenvalue weighted by Gasteiger charge is 2.19. The first-order valence-corrected chi connectivity index (χ1v) is 6.77. The minimum Gasteiger partial charge on any atom is -0.469 e. The molecule has 0 aromatic carbocycles. The number of methoxy groups -OCH3 is 1. The first-order chi connectivity index (χ1) is 10.1. The summed E-state index contributed by atoms with van der Waals surface area (Å²) in [7, 11) is 1.25.